The number of hydrogen-bond acceptors (Lipinski definition) is 3. The van der Waals surface area contributed by atoms with Gasteiger partial charge in [0.15, 0.2) is 0 Å². The number of rotatable bonds is 4. The molecule has 0 saturated heterocycles. The van der Waals surface area contributed by atoms with Crippen LogP contribution in [0.25, 0.3) is 11.3 Å². The van der Waals surface area contributed by atoms with Crippen molar-refractivity contribution in [3.05, 3.63) is 39.7 Å². The fourth-order valence-electron chi connectivity index (χ4n) is 2.05. The minimum atomic E-state index is -0.770. The van der Waals surface area contributed by atoms with Crippen LogP contribution in [0, 0.1) is 13.8 Å². The Hall–Kier alpha value is -1.68. The smallest absolute Gasteiger partial charge is 0.303 e. The Morgan fingerprint density at radius 1 is 1.32 bits per heavy atom. The normalized spacial score (nSPS) is 12.4. The second kappa shape index (κ2) is 5.53. The highest BCUT2D eigenvalue weighted by atomic mass is 32.1. The molecule has 0 radical (unpaired) electrons. The Kier molecular flexibility index (Phi) is 4.00. The maximum absolute atomic E-state index is 10.9. The standard InChI is InChI=1S/C15H17NO2S/c1-9-4-6-12(7-5-9)14-15(19-11(3)16-14)10(2)8-13(17)18/h4-7,10H,8H2,1-3H3,(H,17,18). The number of carboxylic acid groups (broad SMARTS) is 1. The van der Waals surface area contributed by atoms with Gasteiger partial charge >= 0.3 is 5.97 Å². The molecule has 0 aliphatic rings. The van der Waals surface area contributed by atoms with E-state index in [0.29, 0.717) is 0 Å². The molecule has 1 heterocycles. The Bertz CT molecular complexity index is 587. The molecule has 0 saturated carbocycles. The molecule has 0 amide bonds. The van der Waals surface area contributed by atoms with Crippen LogP contribution in [0.2, 0.25) is 0 Å². The van der Waals surface area contributed by atoms with Gasteiger partial charge in [-0.3, -0.25) is 4.79 Å². The summed E-state index contributed by atoms with van der Waals surface area (Å²) in [5.41, 5.74) is 3.19. The molecule has 1 aromatic heterocycles. The van der Waals surface area contributed by atoms with Gasteiger partial charge in [0.25, 0.3) is 0 Å². The number of nitrogens with zero attached hydrogens (tertiary/aromatic N) is 1. The van der Waals surface area contributed by atoms with Crippen molar-refractivity contribution in [2.45, 2.75) is 33.1 Å². The zero-order chi connectivity index (χ0) is 14.0. The van der Waals surface area contributed by atoms with Crippen molar-refractivity contribution in [1.29, 1.82) is 0 Å². The molecule has 1 aromatic carbocycles. The van der Waals surface area contributed by atoms with Gasteiger partial charge in [-0.1, -0.05) is 36.8 Å². The van der Waals surface area contributed by atoms with E-state index >= 15 is 0 Å². The molecule has 1 unspecified atom stereocenters. The zero-order valence-electron chi connectivity index (χ0n) is 11.3. The topological polar surface area (TPSA) is 50.2 Å². The van der Waals surface area contributed by atoms with Gasteiger partial charge in [-0.15, -0.1) is 11.3 Å². The minimum absolute atomic E-state index is 0.0139. The van der Waals surface area contributed by atoms with E-state index in [9.17, 15) is 4.79 Å². The maximum atomic E-state index is 10.9. The molecule has 100 valence electrons. The van der Waals surface area contributed by atoms with Crippen LogP contribution >= 0.6 is 11.3 Å². The third-order valence-electron chi connectivity index (χ3n) is 3.01. The highest BCUT2D eigenvalue weighted by Crippen LogP contribution is 2.35. The predicted molar refractivity (Wildman–Crippen MR) is 77.7 cm³/mol. The van der Waals surface area contributed by atoms with Crippen molar-refractivity contribution in [3.8, 4) is 11.3 Å². The number of carboxylic acids is 1. The van der Waals surface area contributed by atoms with Gasteiger partial charge in [0.1, 0.15) is 0 Å². The molecule has 2 rings (SSSR count). The van der Waals surface area contributed by atoms with Gasteiger partial charge in [-0.2, -0.15) is 0 Å². The predicted octanol–water partition coefficient (Wildman–Crippen LogP) is 4.01. The number of hydrogen-bond donors (Lipinski definition) is 1. The molecule has 0 aliphatic heterocycles. The van der Waals surface area contributed by atoms with Crippen molar-refractivity contribution in [2.75, 3.05) is 0 Å². The van der Waals surface area contributed by atoms with Gasteiger partial charge < -0.3 is 5.11 Å². The third-order valence-corrected chi connectivity index (χ3v) is 4.22. The Morgan fingerprint density at radius 2 is 1.95 bits per heavy atom. The van der Waals surface area contributed by atoms with Crippen LogP contribution in [-0.2, 0) is 4.79 Å². The summed E-state index contributed by atoms with van der Waals surface area (Å²) < 4.78 is 0. The molecule has 0 bridgehead atoms. The van der Waals surface area contributed by atoms with E-state index in [4.69, 9.17) is 5.11 Å². The SMILES string of the molecule is Cc1ccc(-c2nc(C)sc2C(C)CC(=O)O)cc1. The summed E-state index contributed by atoms with van der Waals surface area (Å²) in [4.78, 5) is 16.5. The summed E-state index contributed by atoms with van der Waals surface area (Å²) in [6.45, 7) is 5.95. The van der Waals surface area contributed by atoms with Gasteiger partial charge in [-0.05, 0) is 13.8 Å². The highest BCUT2D eigenvalue weighted by molar-refractivity contribution is 7.12. The fraction of sp³-hybridized carbons (Fsp3) is 0.333. The first-order valence-electron chi connectivity index (χ1n) is 6.23. The molecule has 2 aromatic rings. The van der Waals surface area contributed by atoms with Gasteiger partial charge in [0, 0.05) is 16.4 Å². The summed E-state index contributed by atoms with van der Waals surface area (Å²) in [6.07, 6.45) is 0.139. The molecule has 4 heteroatoms. The molecular weight excluding hydrogens is 258 g/mol. The van der Waals surface area contributed by atoms with Crippen LogP contribution in [0.3, 0.4) is 0 Å². The van der Waals surface area contributed by atoms with Gasteiger partial charge in [0.2, 0.25) is 0 Å². The summed E-state index contributed by atoms with van der Waals surface area (Å²) >= 11 is 1.59. The van der Waals surface area contributed by atoms with Crippen LogP contribution in [0.15, 0.2) is 24.3 Å². The largest absolute Gasteiger partial charge is 0.481 e. The second-order valence-electron chi connectivity index (χ2n) is 4.81. The van der Waals surface area contributed by atoms with Crippen molar-refractivity contribution >= 4 is 17.3 Å². The van der Waals surface area contributed by atoms with Gasteiger partial charge in [-0.25, -0.2) is 4.98 Å². The Labute approximate surface area is 116 Å². The third kappa shape index (κ3) is 3.20. The van der Waals surface area contributed by atoms with Gasteiger partial charge in [0.05, 0.1) is 17.1 Å². The quantitative estimate of drug-likeness (QED) is 0.917. The van der Waals surface area contributed by atoms with E-state index in [1.54, 1.807) is 11.3 Å². The number of aromatic nitrogens is 1. The van der Waals surface area contributed by atoms with E-state index in [1.165, 1.54) is 5.56 Å². The highest BCUT2D eigenvalue weighted by Gasteiger charge is 2.19. The monoisotopic (exact) mass is 275 g/mol. The van der Waals surface area contributed by atoms with E-state index in [1.807, 2.05) is 32.9 Å². The molecule has 1 atom stereocenters. The van der Waals surface area contributed by atoms with Crippen LogP contribution < -0.4 is 0 Å². The molecule has 19 heavy (non-hydrogen) atoms. The first kappa shape index (κ1) is 13.7. The van der Waals surface area contributed by atoms with Crippen LogP contribution in [0.4, 0.5) is 0 Å². The van der Waals surface area contributed by atoms with Crippen LogP contribution in [0.5, 0.6) is 0 Å². The summed E-state index contributed by atoms with van der Waals surface area (Å²) in [6, 6.07) is 8.19. The van der Waals surface area contributed by atoms with E-state index in [0.717, 1.165) is 21.1 Å². The molecule has 0 fully saturated rings. The second-order valence-corrected chi connectivity index (χ2v) is 6.05. The maximum Gasteiger partial charge on any atom is 0.303 e. The Balaban J connectivity index is 2.40. The van der Waals surface area contributed by atoms with Crippen molar-refractivity contribution in [3.63, 3.8) is 0 Å². The number of aliphatic carboxylic acids is 1. The number of benzene rings is 1. The lowest BCUT2D eigenvalue weighted by molar-refractivity contribution is -0.137. The minimum Gasteiger partial charge on any atom is -0.481 e. The average Bonchev–Trinajstić information content (AvgIpc) is 2.71. The summed E-state index contributed by atoms with van der Waals surface area (Å²) in [5, 5.41) is 9.91. The fourth-order valence-corrected chi connectivity index (χ4v) is 3.05. The lowest BCUT2D eigenvalue weighted by atomic mass is 10.0. The number of carbonyl (C=O) groups is 1. The number of aryl methyl sites for hydroxylation is 2. The van der Waals surface area contributed by atoms with Crippen LogP contribution in [0.1, 0.15) is 34.7 Å². The van der Waals surface area contributed by atoms with Crippen molar-refractivity contribution < 1.29 is 9.90 Å². The van der Waals surface area contributed by atoms with Crippen LogP contribution in [-0.4, -0.2) is 16.1 Å². The molecule has 1 N–H and O–H groups in total. The molecule has 0 spiro atoms. The summed E-state index contributed by atoms with van der Waals surface area (Å²) in [5.74, 6) is -0.784. The summed E-state index contributed by atoms with van der Waals surface area (Å²) in [7, 11) is 0. The first-order valence-corrected chi connectivity index (χ1v) is 7.05. The lowest BCUT2D eigenvalue weighted by Gasteiger charge is -2.09. The average molecular weight is 275 g/mol. The lowest BCUT2D eigenvalue weighted by Crippen LogP contribution is -2.02. The zero-order valence-corrected chi connectivity index (χ0v) is 12.1. The molecule has 3 nitrogen and oxygen atoms in total. The van der Waals surface area contributed by atoms with E-state index < -0.39 is 5.97 Å². The van der Waals surface area contributed by atoms with E-state index in [-0.39, 0.29) is 12.3 Å². The van der Waals surface area contributed by atoms with Crippen molar-refractivity contribution in [1.82, 2.24) is 4.98 Å². The first-order chi connectivity index (χ1) is 8.97. The van der Waals surface area contributed by atoms with E-state index in [2.05, 4.69) is 17.1 Å². The number of thiazole rings is 1. The van der Waals surface area contributed by atoms with Crippen molar-refractivity contribution in [2.24, 2.45) is 0 Å². The Morgan fingerprint density at radius 3 is 2.53 bits per heavy atom. The molecule has 0 aliphatic carbocycles. The molecular formula is C15H17NO2S.